The van der Waals surface area contributed by atoms with Crippen molar-refractivity contribution in [3.8, 4) is 11.3 Å². The van der Waals surface area contributed by atoms with Gasteiger partial charge in [-0.1, -0.05) is 12.2 Å². The Morgan fingerprint density at radius 3 is 2.83 bits per heavy atom. The van der Waals surface area contributed by atoms with E-state index in [0.717, 1.165) is 55.4 Å². The summed E-state index contributed by atoms with van der Waals surface area (Å²) in [5, 5.41) is 6.71. The molecule has 0 unspecified atom stereocenters. The number of aryl methyl sites for hydroxylation is 1. The van der Waals surface area contributed by atoms with Gasteiger partial charge in [0.1, 0.15) is 0 Å². The summed E-state index contributed by atoms with van der Waals surface area (Å²) < 4.78 is 1.15. The molecule has 0 radical (unpaired) electrons. The molecule has 0 bridgehead atoms. The van der Waals surface area contributed by atoms with Crippen LogP contribution in [0.4, 0.5) is 17.3 Å². The van der Waals surface area contributed by atoms with E-state index in [9.17, 15) is 0 Å². The number of likely N-dealkylation sites (N-methyl/N-ethyl adjacent to an activating group) is 1. The van der Waals surface area contributed by atoms with Crippen molar-refractivity contribution in [3.63, 3.8) is 0 Å². The average molecular weight is 530 g/mol. The fraction of sp³-hybridized carbons (Fsp3) is 0.273. The molecule has 154 valence electrons. The maximum absolute atomic E-state index is 5.50. The molecular weight excluding hydrogens is 507 g/mol. The Labute approximate surface area is 195 Å². The van der Waals surface area contributed by atoms with Crippen molar-refractivity contribution < 1.29 is 0 Å². The molecule has 0 saturated heterocycles. The molecule has 1 aliphatic heterocycles. The van der Waals surface area contributed by atoms with Crippen LogP contribution < -0.4 is 10.6 Å². The smallest absolute Gasteiger partial charge is 0.227 e. The molecule has 3 heterocycles. The van der Waals surface area contributed by atoms with E-state index in [0.29, 0.717) is 12.4 Å². The zero-order valence-electron chi connectivity index (χ0n) is 17.2. The van der Waals surface area contributed by atoms with E-state index in [1.54, 1.807) is 0 Å². The number of thiocarbonyl (C=S) groups is 1. The number of rotatable bonds is 5. The first kappa shape index (κ1) is 21.1. The standard InChI is InChI=1S/C22H23IN6S/c1-13-18(8-14(11-24-13)6-7-29(2)3)27-22-25-12-15-9-20(30)26-19-10-16(23)4-5-17(19)21(15)28-22/h4-5,8,10-12H,6-7,9H2,1-3H3,(H,26,30)(H,25,27,28). The highest BCUT2D eigenvalue weighted by atomic mass is 127. The van der Waals surface area contributed by atoms with Gasteiger partial charge >= 0.3 is 0 Å². The fourth-order valence-electron chi connectivity index (χ4n) is 3.34. The molecule has 2 aromatic heterocycles. The van der Waals surface area contributed by atoms with Crippen LogP contribution in [0.25, 0.3) is 11.3 Å². The molecule has 0 saturated carbocycles. The monoisotopic (exact) mass is 530 g/mol. The van der Waals surface area contributed by atoms with Crippen molar-refractivity contribution in [1.82, 2.24) is 19.9 Å². The summed E-state index contributed by atoms with van der Waals surface area (Å²) in [5.41, 5.74) is 6.97. The lowest BCUT2D eigenvalue weighted by Crippen LogP contribution is -2.15. The third-order valence-corrected chi connectivity index (χ3v) is 5.88. The summed E-state index contributed by atoms with van der Waals surface area (Å²) in [4.78, 5) is 16.9. The Hall–Kier alpha value is -2.17. The van der Waals surface area contributed by atoms with E-state index in [1.165, 1.54) is 5.56 Å². The highest BCUT2D eigenvalue weighted by molar-refractivity contribution is 14.1. The van der Waals surface area contributed by atoms with Crippen molar-refractivity contribution >= 4 is 57.1 Å². The number of aromatic nitrogens is 3. The number of nitrogens with zero attached hydrogens (tertiary/aromatic N) is 4. The van der Waals surface area contributed by atoms with Gasteiger partial charge < -0.3 is 15.5 Å². The van der Waals surface area contributed by atoms with Gasteiger partial charge in [0.05, 0.1) is 22.1 Å². The van der Waals surface area contributed by atoms with Crippen molar-refractivity contribution in [2.24, 2.45) is 0 Å². The van der Waals surface area contributed by atoms with Gasteiger partial charge in [0.15, 0.2) is 0 Å². The Kier molecular flexibility index (Phi) is 6.26. The normalized spacial score (nSPS) is 12.8. The minimum Gasteiger partial charge on any atom is -0.349 e. The number of benzene rings is 1. The molecule has 30 heavy (non-hydrogen) atoms. The molecule has 0 atom stereocenters. The topological polar surface area (TPSA) is 66.0 Å². The first-order chi connectivity index (χ1) is 14.4. The lowest BCUT2D eigenvalue weighted by Gasteiger charge is -2.13. The van der Waals surface area contributed by atoms with Gasteiger partial charge in [-0.3, -0.25) is 4.98 Å². The van der Waals surface area contributed by atoms with Gasteiger partial charge in [0.25, 0.3) is 0 Å². The molecule has 1 aromatic carbocycles. The Balaban J connectivity index is 1.68. The fourth-order valence-corrected chi connectivity index (χ4v) is 4.09. The largest absolute Gasteiger partial charge is 0.349 e. The maximum Gasteiger partial charge on any atom is 0.227 e. The van der Waals surface area contributed by atoms with Crippen LogP contribution in [0.2, 0.25) is 0 Å². The van der Waals surface area contributed by atoms with Gasteiger partial charge in [-0.05, 0) is 79.9 Å². The van der Waals surface area contributed by atoms with Crippen molar-refractivity contribution in [3.05, 3.63) is 57.1 Å². The minimum atomic E-state index is 0.556. The number of hydrogen-bond acceptors (Lipinski definition) is 6. The predicted molar refractivity (Wildman–Crippen MR) is 135 cm³/mol. The minimum absolute atomic E-state index is 0.556. The number of pyridine rings is 1. The van der Waals surface area contributed by atoms with Crippen LogP contribution in [0.1, 0.15) is 16.8 Å². The number of hydrogen-bond donors (Lipinski definition) is 2. The predicted octanol–water partition coefficient (Wildman–Crippen LogP) is 4.59. The SMILES string of the molecule is Cc1ncc(CCN(C)C)cc1Nc1ncc2c(n1)-c1ccc(I)cc1NC(=S)C2. The number of fused-ring (bicyclic) bond motifs is 3. The second-order valence-electron chi connectivity index (χ2n) is 7.64. The summed E-state index contributed by atoms with van der Waals surface area (Å²) in [7, 11) is 4.15. The van der Waals surface area contributed by atoms with Crippen LogP contribution in [-0.2, 0) is 12.8 Å². The number of anilines is 3. The molecule has 8 heteroatoms. The van der Waals surface area contributed by atoms with E-state index in [4.69, 9.17) is 17.2 Å². The lowest BCUT2D eigenvalue weighted by atomic mass is 10.1. The summed E-state index contributed by atoms with van der Waals surface area (Å²) >= 11 is 7.81. The van der Waals surface area contributed by atoms with E-state index >= 15 is 0 Å². The Morgan fingerprint density at radius 1 is 1.20 bits per heavy atom. The van der Waals surface area contributed by atoms with E-state index in [2.05, 4.69) is 86.5 Å². The third kappa shape index (κ3) is 4.76. The second kappa shape index (κ2) is 8.91. The highest BCUT2D eigenvalue weighted by Gasteiger charge is 2.20. The molecule has 0 fully saturated rings. The first-order valence-electron chi connectivity index (χ1n) is 9.72. The molecule has 0 aliphatic carbocycles. The van der Waals surface area contributed by atoms with Crippen LogP contribution in [0, 0.1) is 10.5 Å². The van der Waals surface area contributed by atoms with Crippen LogP contribution >= 0.6 is 34.8 Å². The van der Waals surface area contributed by atoms with Gasteiger partial charge in [0.2, 0.25) is 5.95 Å². The summed E-state index contributed by atoms with van der Waals surface area (Å²) in [6.45, 7) is 2.96. The van der Waals surface area contributed by atoms with Gasteiger partial charge in [-0.2, -0.15) is 0 Å². The van der Waals surface area contributed by atoms with Crippen molar-refractivity contribution in [2.45, 2.75) is 19.8 Å². The summed E-state index contributed by atoms with van der Waals surface area (Å²) in [6.07, 6.45) is 5.36. The van der Waals surface area contributed by atoms with E-state index in [-0.39, 0.29) is 0 Å². The molecule has 4 rings (SSSR count). The molecular formula is C22H23IN6S. The summed E-state index contributed by atoms with van der Waals surface area (Å²) in [6, 6.07) is 8.39. The zero-order valence-corrected chi connectivity index (χ0v) is 20.1. The van der Waals surface area contributed by atoms with Crippen molar-refractivity contribution in [1.29, 1.82) is 0 Å². The second-order valence-corrected chi connectivity index (χ2v) is 9.38. The molecule has 0 amide bonds. The molecule has 3 aromatic rings. The van der Waals surface area contributed by atoms with Crippen LogP contribution in [0.5, 0.6) is 0 Å². The molecule has 2 N–H and O–H groups in total. The van der Waals surface area contributed by atoms with Gasteiger partial charge in [-0.25, -0.2) is 9.97 Å². The third-order valence-electron chi connectivity index (χ3n) is 4.96. The van der Waals surface area contributed by atoms with Crippen molar-refractivity contribution in [2.75, 3.05) is 31.3 Å². The summed E-state index contributed by atoms with van der Waals surface area (Å²) in [5.74, 6) is 0.556. The first-order valence-corrected chi connectivity index (χ1v) is 11.2. The highest BCUT2D eigenvalue weighted by Crippen LogP contribution is 2.34. The molecule has 1 aliphatic rings. The van der Waals surface area contributed by atoms with Crippen LogP contribution in [-0.4, -0.2) is 45.5 Å². The average Bonchev–Trinajstić information content (AvgIpc) is 2.83. The van der Waals surface area contributed by atoms with Crippen LogP contribution in [0.15, 0.2) is 36.7 Å². The van der Waals surface area contributed by atoms with E-state index < -0.39 is 0 Å². The Bertz CT molecular complexity index is 1110. The zero-order chi connectivity index (χ0) is 21.3. The maximum atomic E-state index is 5.50. The number of nitrogens with one attached hydrogen (secondary N) is 2. The number of halogens is 1. The lowest BCUT2D eigenvalue weighted by molar-refractivity contribution is 0.413. The molecule has 6 nitrogen and oxygen atoms in total. The van der Waals surface area contributed by atoms with E-state index in [1.807, 2.05) is 19.3 Å². The molecule has 0 spiro atoms. The van der Waals surface area contributed by atoms with Gasteiger partial charge in [0, 0.05) is 45.7 Å². The Morgan fingerprint density at radius 2 is 2.03 bits per heavy atom. The van der Waals surface area contributed by atoms with Crippen LogP contribution in [0.3, 0.4) is 0 Å². The van der Waals surface area contributed by atoms with Gasteiger partial charge in [-0.15, -0.1) is 0 Å². The quantitative estimate of drug-likeness (QED) is 0.370.